The van der Waals surface area contributed by atoms with Crippen molar-refractivity contribution < 1.29 is 14.3 Å². The number of likely N-dealkylation sites (N-methyl/N-ethyl adjacent to an activating group) is 1. The Kier molecular flexibility index (Phi) is 6.41. The minimum absolute atomic E-state index is 0.00304. The van der Waals surface area contributed by atoms with Crippen LogP contribution in [0.2, 0.25) is 0 Å². The van der Waals surface area contributed by atoms with E-state index in [1.54, 1.807) is 18.9 Å². The van der Waals surface area contributed by atoms with Crippen molar-refractivity contribution >= 4 is 27.7 Å². The third kappa shape index (κ3) is 5.21. The summed E-state index contributed by atoms with van der Waals surface area (Å²) in [4.78, 5) is 27.7. The lowest BCUT2D eigenvalue weighted by Crippen LogP contribution is -2.53. The Bertz CT molecular complexity index is 542. The molecule has 0 saturated carbocycles. The van der Waals surface area contributed by atoms with Gasteiger partial charge in [0.2, 0.25) is 5.91 Å². The molecule has 1 aliphatic heterocycles. The number of carbonyl (C=O) groups is 2. The van der Waals surface area contributed by atoms with Crippen molar-refractivity contribution in [2.24, 2.45) is 0 Å². The molecule has 1 saturated heterocycles. The van der Waals surface area contributed by atoms with E-state index in [1.165, 1.54) is 0 Å². The Labute approximate surface area is 144 Å². The molecule has 2 amide bonds. The fraction of sp³-hybridized carbons (Fsp3) is 0.500. The second kappa shape index (κ2) is 8.31. The largest absolute Gasteiger partial charge is 0.481 e. The number of amides is 2. The number of rotatable bonds is 5. The first kappa shape index (κ1) is 17.7. The summed E-state index contributed by atoms with van der Waals surface area (Å²) >= 11 is 3.37. The van der Waals surface area contributed by atoms with Gasteiger partial charge in [-0.2, -0.15) is 0 Å². The molecule has 0 aromatic heterocycles. The van der Waals surface area contributed by atoms with Crippen molar-refractivity contribution in [2.45, 2.75) is 13.0 Å². The van der Waals surface area contributed by atoms with Crippen LogP contribution in [0, 0.1) is 0 Å². The predicted molar refractivity (Wildman–Crippen MR) is 91.3 cm³/mol. The van der Waals surface area contributed by atoms with Crippen LogP contribution in [0.3, 0.4) is 0 Å². The third-order valence-corrected chi connectivity index (χ3v) is 4.33. The first-order chi connectivity index (χ1) is 11.0. The SMILES string of the molecule is CNC(=O)CN1CCN(C(=O)[C@H](C)Oc2ccc(Br)cc2)CC1. The first-order valence-corrected chi connectivity index (χ1v) is 8.43. The zero-order valence-electron chi connectivity index (χ0n) is 13.4. The van der Waals surface area contributed by atoms with Gasteiger partial charge in [0, 0.05) is 37.7 Å². The number of hydrogen-bond acceptors (Lipinski definition) is 4. The number of nitrogens with zero attached hydrogens (tertiary/aromatic N) is 2. The normalized spacial score (nSPS) is 16.7. The molecule has 0 radical (unpaired) electrons. The summed E-state index contributed by atoms with van der Waals surface area (Å²) in [7, 11) is 1.63. The summed E-state index contributed by atoms with van der Waals surface area (Å²) in [5.74, 6) is 0.650. The number of carbonyl (C=O) groups excluding carboxylic acids is 2. The molecule has 1 heterocycles. The van der Waals surface area contributed by atoms with Gasteiger partial charge in [-0.15, -0.1) is 0 Å². The molecule has 0 bridgehead atoms. The molecular weight excluding hydrogens is 362 g/mol. The molecule has 1 N–H and O–H groups in total. The lowest BCUT2D eigenvalue weighted by molar-refractivity contribution is -0.139. The summed E-state index contributed by atoms with van der Waals surface area (Å²) in [6.07, 6.45) is -0.526. The second-order valence-corrected chi connectivity index (χ2v) is 6.40. The molecule has 1 aromatic rings. The number of hydrogen-bond donors (Lipinski definition) is 1. The molecule has 0 spiro atoms. The minimum atomic E-state index is -0.526. The van der Waals surface area contributed by atoms with E-state index >= 15 is 0 Å². The highest BCUT2D eigenvalue weighted by Crippen LogP contribution is 2.18. The van der Waals surface area contributed by atoms with E-state index in [1.807, 2.05) is 29.2 Å². The lowest BCUT2D eigenvalue weighted by atomic mass is 10.2. The van der Waals surface area contributed by atoms with Crippen molar-refractivity contribution in [2.75, 3.05) is 39.8 Å². The van der Waals surface area contributed by atoms with Gasteiger partial charge in [0.05, 0.1) is 6.54 Å². The van der Waals surface area contributed by atoms with Crippen LogP contribution >= 0.6 is 15.9 Å². The average molecular weight is 384 g/mol. The number of benzene rings is 1. The maximum absolute atomic E-state index is 12.4. The van der Waals surface area contributed by atoms with Gasteiger partial charge >= 0.3 is 0 Å². The fourth-order valence-electron chi connectivity index (χ4n) is 2.43. The molecule has 0 aliphatic carbocycles. The van der Waals surface area contributed by atoms with Gasteiger partial charge in [0.15, 0.2) is 6.10 Å². The zero-order valence-corrected chi connectivity index (χ0v) is 15.0. The highest BCUT2D eigenvalue weighted by Gasteiger charge is 2.26. The molecule has 1 atom stereocenters. The Morgan fingerprint density at radius 3 is 2.39 bits per heavy atom. The number of nitrogens with one attached hydrogen (secondary N) is 1. The summed E-state index contributed by atoms with van der Waals surface area (Å²) in [6, 6.07) is 7.42. The second-order valence-electron chi connectivity index (χ2n) is 5.49. The van der Waals surface area contributed by atoms with Crippen molar-refractivity contribution in [3.05, 3.63) is 28.7 Å². The van der Waals surface area contributed by atoms with Gasteiger partial charge in [-0.1, -0.05) is 15.9 Å². The van der Waals surface area contributed by atoms with E-state index in [9.17, 15) is 9.59 Å². The van der Waals surface area contributed by atoms with Gasteiger partial charge in [0.25, 0.3) is 5.91 Å². The van der Waals surface area contributed by atoms with Crippen molar-refractivity contribution in [1.29, 1.82) is 0 Å². The van der Waals surface area contributed by atoms with E-state index in [2.05, 4.69) is 21.2 Å². The van der Waals surface area contributed by atoms with Gasteiger partial charge in [-0.05, 0) is 31.2 Å². The lowest BCUT2D eigenvalue weighted by Gasteiger charge is -2.35. The van der Waals surface area contributed by atoms with E-state index in [0.717, 1.165) is 4.47 Å². The Hall–Kier alpha value is -1.60. The quantitative estimate of drug-likeness (QED) is 0.826. The molecule has 23 heavy (non-hydrogen) atoms. The topological polar surface area (TPSA) is 61.9 Å². The first-order valence-electron chi connectivity index (χ1n) is 7.63. The standard InChI is InChI=1S/C16H22BrN3O3/c1-12(23-14-5-3-13(17)4-6-14)16(22)20-9-7-19(8-10-20)11-15(21)18-2/h3-6,12H,7-11H2,1-2H3,(H,18,21)/t12-/m0/s1. The molecule has 0 unspecified atom stereocenters. The van der Waals surface area contributed by atoms with Gasteiger partial charge in [0.1, 0.15) is 5.75 Å². The van der Waals surface area contributed by atoms with Crippen molar-refractivity contribution in [1.82, 2.24) is 15.1 Å². The predicted octanol–water partition coefficient (Wildman–Crippen LogP) is 1.11. The number of halogens is 1. The van der Waals surface area contributed by atoms with E-state index < -0.39 is 6.10 Å². The van der Waals surface area contributed by atoms with Crippen LogP contribution in [-0.4, -0.2) is 67.5 Å². The Balaban J connectivity index is 1.81. The van der Waals surface area contributed by atoms with Gasteiger partial charge in [-0.3, -0.25) is 14.5 Å². The molecule has 6 nitrogen and oxygen atoms in total. The van der Waals surface area contributed by atoms with Crippen LogP contribution in [0.1, 0.15) is 6.92 Å². The van der Waals surface area contributed by atoms with Crippen LogP contribution in [-0.2, 0) is 9.59 Å². The molecule has 1 aliphatic rings. The van der Waals surface area contributed by atoms with E-state index in [0.29, 0.717) is 38.5 Å². The van der Waals surface area contributed by atoms with E-state index in [4.69, 9.17) is 4.74 Å². The minimum Gasteiger partial charge on any atom is -0.481 e. The summed E-state index contributed by atoms with van der Waals surface area (Å²) in [6.45, 7) is 4.77. The number of piperazine rings is 1. The third-order valence-electron chi connectivity index (χ3n) is 3.80. The smallest absolute Gasteiger partial charge is 0.263 e. The maximum Gasteiger partial charge on any atom is 0.263 e. The van der Waals surface area contributed by atoms with Crippen LogP contribution in [0.25, 0.3) is 0 Å². The molecular formula is C16H22BrN3O3. The van der Waals surface area contributed by atoms with Gasteiger partial charge in [-0.25, -0.2) is 0 Å². The fourth-order valence-corrected chi connectivity index (χ4v) is 2.70. The van der Waals surface area contributed by atoms with E-state index in [-0.39, 0.29) is 11.8 Å². The molecule has 126 valence electrons. The highest BCUT2D eigenvalue weighted by molar-refractivity contribution is 9.10. The van der Waals surface area contributed by atoms with Crippen molar-refractivity contribution in [3.63, 3.8) is 0 Å². The highest BCUT2D eigenvalue weighted by atomic mass is 79.9. The zero-order chi connectivity index (χ0) is 16.8. The maximum atomic E-state index is 12.4. The number of ether oxygens (including phenoxy) is 1. The average Bonchev–Trinajstić information content (AvgIpc) is 2.56. The molecule has 1 aromatic carbocycles. The van der Waals surface area contributed by atoms with Crippen molar-refractivity contribution in [3.8, 4) is 5.75 Å². The summed E-state index contributed by atoms with van der Waals surface area (Å²) < 4.78 is 6.67. The summed E-state index contributed by atoms with van der Waals surface area (Å²) in [5, 5.41) is 2.61. The molecule has 1 fully saturated rings. The van der Waals surface area contributed by atoms with Crippen LogP contribution in [0.15, 0.2) is 28.7 Å². The Morgan fingerprint density at radius 2 is 1.83 bits per heavy atom. The van der Waals surface area contributed by atoms with Gasteiger partial charge < -0.3 is 15.0 Å². The van der Waals surface area contributed by atoms with Crippen LogP contribution < -0.4 is 10.1 Å². The monoisotopic (exact) mass is 383 g/mol. The molecule has 2 rings (SSSR count). The van der Waals surface area contributed by atoms with Crippen LogP contribution in [0.5, 0.6) is 5.75 Å². The molecule has 7 heteroatoms. The van der Waals surface area contributed by atoms with Crippen LogP contribution in [0.4, 0.5) is 0 Å². The summed E-state index contributed by atoms with van der Waals surface area (Å²) in [5.41, 5.74) is 0. The Morgan fingerprint density at radius 1 is 1.22 bits per heavy atom.